The van der Waals surface area contributed by atoms with Gasteiger partial charge in [-0.1, -0.05) is 48.6 Å². The van der Waals surface area contributed by atoms with Crippen molar-refractivity contribution in [2.45, 2.75) is 0 Å². The zero-order valence-corrected chi connectivity index (χ0v) is 14.8. The molecule has 0 atom stereocenters. The third-order valence-electron chi connectivity index (χ3n) is 4.47. The average molecular weight is 365 g/mol. The lowest BCUT2D eigenvalue weighted by molar-refractivity contribution is 0.0697. The number of furan rings is 1. The maximum atomic E-state index is 10.9. The van der Waals surface area contributed by atoms with Gasteiger partial charge >= 0.3 is 5.97 Å². The minimum atomic E-state index is -0.930. The van der Waals surface area contributed by atoms with Gasteiger partial charge in [-0.25, -0.2) is 4.79 Å². The summed E-state index contributed by atoms with van der Waals surface area (Å²) in [6, 6.07) is 24.1. The molecular weight excluding hydrogens is 350 g/mol. The first-order valence-electron chi connectivity index (χ1n) is 8.68. The Kier molecular flexibility index (Phi) is 4.49. The van der Waals surface area contributed by atoms with Crippen LogP contribution in [0.1, 0.15) is 27.0 Å². The van der Waals surface area contributed by atoms with E-state index < -0.39 is 5.97 Å². The van der Waals surface area contributed by atoms with Crippen molar-refractivity contribution in [1.29, 1.82) is 5.26 Å². The summed E-state index contributed by atoms with van der Waals surface area (Å²) in [7, 11) is 0. The summed E-state index contributed by atoms with van der Waals surface area (Å²) in [5.41, 5.74) is 4.54. The Balaban J connectivity index is 1.53. The number of fused-ring (bicyclic) bond motifs is 1. The highest BCUT2D eigenvalue weighted by atomic mass is 16.4. The molecule has 0 unspecified atom stereocenters. The van der Waals surface area contributed by atoms with Crippen molar-refractivity contribution in [2.24, 2.45) is 0 Å². The number of carbonyl (C=O) groups is 1. The van der Waals surface area contributed by atoms with E-state index in [1.54, 1.807) is 30.3 Å². The predicted octanol–water partition coefficient (Wildman–Crippen LogP) is 5.84. The molecule has 0 saturated heterocycles. The van der Waals surface area contributed by atoms with Crippen molar-refractivity contribution in [3.8, 4) is 17.4 Å². The summed E-state index contributed by atoms with van der Waals surface area (Å²) in [6.07, 6.45) is 3.91. The highest BCUT2D eigenvalue weighted by molar-refractivity contribution is 5.88. The van der Waals surface area contributed by atoms with Gasteiger partial charge in [0.25, 0.3) is 0 Å². The molecular formula is C24H15NO3. The molecule has 1 aromatic heterocycles. The molecule has 0 aliphatic heterocycles. The Bertz CT molecular complexity index is 1220. The monoisotopic (exact) mass is 365 g/mol. The number of carboxylic acid groups (broad SMARTS) is 1. The fourth-order valence-electron chi connectivity index (χ4n) is 2.94. The molecule has 3 aromatic carbocycles. The molecule has 0 aliphatic rings. The van der Waals surface area contributed by atoms with Crippen LogP contribution < -0.4 is 0 Å². The van der Waals surface area contributed by atoms with E-state index in [0.717, 1.165) is 33.4 Å². The van der Waals surface area contributed by atoms with Gasteiger partial charge in [-0.2, -0.15) is 5.26 Å². The lowest BCUT2D eigenvalue weighted by atomic mass is 10.1. The van der Waals surface area contributed by atoms with Gasteiger partial charge < -0.3 is 9.52 Å². The molecule has 1 heterocycles. The van der Waals surface area contributed by atoms with Gasteiger partial charge in [0.15, 0.2) is 0 Å². The van der Waals surface area contributed by atoms with E-state index in [1.165, 1.54) is 0 Å². The van der Waals surface area contributed by atoms with Gasteiger partial charge in [-0.15, -0.1) is 0 Å². The zero-order valence-electron chi connectivity index (χ0n) is 14.8. The number of nitrogens with zero attached hydrogens (tertiary/aromatic N) is 1. The molecule has 0 spiro atoms. The summed E-state index contributed by atoms with van der Waals surface area (Å²) < 4.78 is 5.88. The molecule has 0 bridgehead atoms. The molecule has 0 amide bonds. The zero-order chi connectivity index (χ0) is 19.5. The predicted molar refractivity (Wildman–Crippen MR) is 109 cm³/mol. The molecule has 1 N–H and O–H groups in total. The van der Waals surface area contributed by atoms with Crippen LogP contribution in [0.4, 0.5) is 0 Å². The second-order valence-electron chi connectivity index (χ2n) is 6.36. The second-order valence-corrected chi connectivity index (χ2v) is 6.36. The Hall–Kier alpha value is -4.10. The van der Waals surface area contributed by atoms with Crippen LogP contribution in [0.5, 0.6) is 0 Å². The SMILES string of the molecule is N#Cc1ccc2oc(-c3ccc(/C=C/c4ccc(C(=O)O)cc4)cc3)cc2c1. The van der Waals surface area contributed by atoms with Gasteiger partial charge in [-0.05, 0) is 47.5 Å². The number of carboxylic acids is 1. The number of hydrogen-bond donors (Lipinski definition) is 1. The van der Waals surface area contributed by atoms with E-state index in [9.17, 15) is 4.79 Å². The maximum absolute atomic E-state index is 10.9. The fraction of sp³-hybridized carbons (Fsp3) is 0. The van der Waals surface area contributed by atoms with Crippen LogP contribution in [0.15, 0.2) is 77.2 Å². The summed E-state index contributed by atoms with van der Waals surface area (Å²) >= 11 is 0. The Labute approximate surface area is 161 Å². The fourth-order valence-corrected chi connectivity index (χ4v) is 2.94. The van der Waals surface area contributed by atoms with Crippen LogP contribution in [-0.4, -0.2) is 11.1 Å². The summed E-state index contributed by atoms with van der Waals surface area (Å²) in [6.45, 7) is 0. The quantitative estimate of drug-likeness (QED) is 0.461. The van der Waals surface area contributed by atoms with Crippen LogP contribution >= 0.6 is 0 Å². The number of rotatable bonds is 4. The standard InChI is InChI=1S/C24H15NO3/c25-15-18-7-12-22-21(13-18)14-23(28-22)19-8-3-16(4-9-19)1-2-17-5-10-20(11-6-17)24(26)27/h1-14H,(H,26,27)/b2-1+. The molecule has 0 radical (unpaired) electrons. The first-order chi connectivity index (χ1) is 13.6. The largest absolute Gasteiger partial charge is 0.478 e. The topological polar surface area (TPSA) is 74.2 Å². The molecule has 4 aromatic rings. The van der Waals surface area contributed by atoms with E-state index in [-0.39, 0.29) is 5.56 Å². The Morgan fingerprint density at radius 1 is 0.893 bits per heavy atom. The summed E-state index contributed by atoms with van der Waals surface area (Å²) in [4.78, 5) is 10.9. The van der Waals surface area contributed by atoms with E-state index in [1.807, 2.05) is 54.6 Å². The molecule has 0 fully saturated rings. The van der Waals surface area contributed by atoms with E-state index >= 15 is 0 Å². The maximum Gasteiger partial charge on any atom is 0.335 e. The van der Waals surface area contributed by atoms with Crippen LogP contribution in [0.2, 0.25) is 0 Å². The average Bonchev–Trinajstić information content (AvgIpc) is 3.16. The highest BCUT2D eigenvalue weighted by Crippen LogP contribution is 2.28. The van der Waals surface area contributed by atoms with Gasteiger partial charge in [0.2, 0.25) is 0 Å². The van der Waals surface area contributed by atoms with E-state index in [2.05, 4.69) is 6.07 Å². The summed E-state index contributed by atoms with van der Waals surface area (Å²) in [5, 5.41) is 18.9. The van der Waals surface area contributed by atoms with Gasteiger partial charge in [-0.3, -0.25) is 0 Å². The highest BCUT2D eigenvalue weighted by Gasteiger charge is 2.07. The van der Waals surface area contributed by atoms with Crippen LogP contribution in [0, 0.1) is 11.3 Å². The van der Waals surface area contributed by atoms with Crippen LogP contribution in [0.3, 0.4) is 0 Å². The van der Waals surface area contributed by atoms with Crippen molar-refractivity contribution >= 4 is 29.1 Å². The molecule has 4 heteroatoms. The van der Waals surface area contributed by atoms with Crippen molar-refractivity contribution in [3.63, 3.8) is 0 Å². The Morgan fingerprint density at radius 2 is 1.54 bits per heavy atom. The minimum absolute atomic E-state index is 0.272. The van der Waals surface area contributed by atoms with Crippen molar-refractivity contribution in [3.05, 3.63) is 95.1 Å². The van der Waals surface area contributed by atoms with Crippen molar-refractivity contribution in [1.82, 2.24) is 0 Å². The number of nitriles is 1. The summed E-state index contributed by atoms with van der Waals surface area (Å²) in [5.74, 6) is -0.176. The lowest BCUT2D eigenvalue weighted by Gasteiger charge is -1.99. The molecule has 4 nitrogen and oxygen atoms in total. The Morgan fingerprint density at radius 3 is 2.14 bits per heavy atom. The molecule has 0 saturated carbocycles. The third kappa shape index (κ3) is 3.55. The number of hydrogen-bond acceptors (Lipinski definition) is 3. The van der Waals surface area contributed by atoms with Crippen molar-refractivity contribution < 1.29 is 14.3 Å². The lowest BCUT2D eigenvalue weighted by Crippen LogP contribution is -1.94. The van der Waals surface area contributed by atoms with Gasteiger partial charge in [0, 0.05) is 10.9 Å². The van der Waals surface area contributed by atoms with Crippen LogP contribution in [-0.2, 0) is 0 Å². The third-order valence-corrected chi connectivity index (χ3v) is 4.47. The number of benzene rings is 3. The first kappa shape index (κ1) is 17.3. The molecule has 28 heavy (non-hydrogen) atoms. The first-order valence-corrected chi connectivity index (χ1v) is 8.68. The van der Waals surface area contributed by atoms with E-state index in [4.69, 9.17) is 14.8 Å². The van der Waals surface area contributed by atoms with Crippen LogP contribution in [0.25, 0.3) is 34.4 Å². The van der Waals surface area contributed by atoms with Crippen molar-refractivity contribution in [2.75, 3.05) is 0 Å². The normalized spacial score (nSPS) is 11.0. The smallest absolute Gasteiger partial charge is 0.335 e. The minimum Gasteiger partial charge on any atom is -0.478 e. The molecule has 0 aliphatic carbocycles. The van der Waals surface area contributed by atoms with Gasteiger partial charge in [0.1, 0.15) is 11.3 Å². The van der Waals surface area contributed by atoms with Gasteiger partial charge in [0.05, 0.1) is 17.2 Å². The van der Waals surface area contributed by atoms with E-state index in [0.29, 0.717) is 5.56 Å². The second kappa shape index (κ2) is 7.26. The molecule has 134 valence electrons. The molecule has 4 rings (SSSR count). The number of aromatic carboxylic acids is 1.